The zero-order valence-electron chi connectivity index (χ0n) is 36.0. The second-order valence-electron chi connectivity index (χ2n) is 15.9. The Balaban J connectivity index is 1.05. The summed E-state index contributed by atoms with van der Waals surface area (Å²) < 4.78 is 126. The average molecular weight is 1050 g/mol. The second kappa shape index (κ2) is 20.6. The van der Waals surface area contributed by atoms with Gasteiger partial charge >= 0.3 is 5.97 Å². The summed E-state index contributed by atoms with van der Waals surface area (Å²) in [5, 5.41) is 5.25. The fraction of sp³-hybridized carbons (Fsp3) is 0.283. The summed E-state index contributed by atoms with van der Waals surface area (Å²) in [6.45, 7) is 1.47. The molecular weight excluding hydrogens is 1010 g/mol. The van der Waals surface area contributed by atoms with E-state index in [2.05, 4.69) is 20.6 Å². The zero-order valence-corrected chi connectivity index (χ0v) is 40.0. The number of anilines is 2. The number of amides is 2. The van der Waals surface area contributed by atoms with Crippen molar-refractivity contribution < 1.29 is 63.0 Å². The van der Waals surface area contributed by atoms with Crippen LogP contribution in [0.3, 0.4) is 0 Å². The van der Waals surface area contributed by atoms with Crippen LogP contribution in [-0.2, 0) is 38.8 Å². The van der Waals surface area contributed by atoms with Crippen molar-refractivity contribution in [1.82, 2.24) is 9.97 Å². The fourth-order valence-corrected chi connectivity index (χ4v) is 12.9. The molecule has 14 nitrogen and oxygen atoms in total. The van der Waals surface area contributed by atoms with Crippen LogP contribution in [0.4, 0.5) is 27.8 Å². The zero-order chi connectivity index (χ0) is 49.2. The number of sulfone groups is 2. The number of aromatic nitrogens is 2. The first-order valence-electron chi connectivity index (χ1n) is 21.2. The Bertz CT molecular complexity index is 3130. The Morgan fingerprint density at radius 1 is 0.710 bits per heavy atom. The summed E-state index contributed by atoms with van der Waals surface area (Å²) in [5.74, 6) is -9.26. The van der Waals surface area contributed by atoms with Crippen LogP contribution >= 0.6 is 34.3 Å². The van der Waals surface area contributed by atoms with Gasteiger partial charge < -0.3 is 14.2 Å². The number of nitrogens with one attached hydrogen (secondary N) is 2. The molecule has 0 aliphatic heterocycles. The SMILES string of the molecule is CCOC(=O)C(c1csc(NC(=O)C(Oc2ccc(F)cc2F)c2ccc(S(=O)(=O)C3CCCC3)cc2)n1)c1nc(NC(=O)C(Oc2ccc(F)c(F)c2)c2ccc(S(=O)(=O)C3CC3)cc2)sc1Cl. The molecule has 2 N–H and O–H groups in total. The third-order valence-electron chi connectivity index (χ3n) is 11.2. The van der Waals surface area contributed by atoms with Gasteiger partial charge in [-0.25, -0.2) is 44.4 Å². The van der Waals surface area contributed by atoms with Gasteiger partial charge in [-0.15, -0.1) is 11.3 Å². The van der Waals surface area contributed by atoms with Gasteiger partial charge in [0.1, 0.15) is 21.8 Å². The van der Waals surface area contributed by atoms with Crippen molar-refractivity contribution in [3.63, 3.8) is 0 Å². The van der Waals surface area contributed by atoms with Crippen molar-refractivity contribution in [2.45, 2.75) is 83.9 Å². The van der Waals surface area contributed by atoms with E-state index in [1.54, 1.807) is 6.92 Å². The Hall–Kier alpha value is -5.94. The standard InChI is InChI=1S/C46H39ClF4N4O10S4/c1-2-63-44(58)37(38-41(47)67-46(53-38)55-42(56)39(64-27-12-19-32(49)33(50)22-27)24-7-13-30(14-8-24)69(61,62)31-17-18-31)35-23-66-45(52-35)54-43(57)40(65-36-20-11-26(48)21-34(36)51)25-9-15-29(16-10-25)68(59,60)28-5-3-4-6-28/h7-16,19-23,28,31,37,39-40H,2-6,17-18H2,1H3,(H,52,54,57)(H,53,55,56). The van der Waals surface area contributed by atoms with Gasteiger partial charge in [0.25, 0.3) is 11.8 Å². The molecule has 362 valence electrons. The van der Waals surface area contributed by atoms with E-state index in [0.717, 1.165) is 65.8 Å². The lowest BCUT2D eigenvalue weighted by molar-refractivity contribution is -0.144. The highest BCUT2D eigenvalue weighted by Crippen LogP contribution is 2.40. The molecule has 2 aliphatic rings. The summed E-state index contributed by atoms with van der Waals surface area (Å²) in [4.78, 5) is 50.5. The van der Waals surface area contributed by atoms with Crippen LogP contribution in [0, 0.1) is 23.3 Å². The Kier molecular flexibility index (Phi) is 14.8. The lowest BCUT2D eigenvalue weighted by Gasteiger charge is -2.20. The monoisotopic (exact) mass is 1050 g/mol. The van der Waals surface area contributed by atoms with Gasteiger partial charge in [-0.2, -0.15) is 0 Å². The number of thiazole rings is 2. The van der Waals surface area contributed by atoms with E-state index in [9.17, 15) is 48.8 Å². The van der Waals surface area contributed by atoms with E-state index in [1.807, 2.05) is 0 Å². The normalized spacial score (nSPS) is 15.5. The molecule has 3 unspecified atom stereocenters. The molecule has 2 saturated carbocycles. The number of nitrogens with zero attached hydrogens (tertiary/aromatic N) is 2. The first-order chi connectivity index (χ1) is 32.9. The third-order valence-corrected chi connectivity index (χ3v) is 17.7. The molecule has 3 atom stereocenters. The minimum Gasteiger partial charge on any atom is -0.476 e. The fourth-order valence-electron chi connectivity index (χ4n) is 7.52. The van der Waals surface area contributed by atoms with Gasteiger partial charge in [-0.1, -0.05) is 60.0 Å². The summed E-state index contributed by atoms with van der Waals surface area (Å²) in [7, 11) is -7.27. The van der Waals surface area contributed by atoms with E-state index in [1.165, 1.54) is 53.9 Å². The molecule has 0 spiro atoms. The van der Waals surface area contributed by atoms with Crippen LogP contribution in [-0.4, -0.2) is 61.7 Å². The van der Waals surface area contributed by atoms with E-state index in [0.29, 0.717) is 31.7 Å². The van der Waals surface area contributed by atoms with Gasteiger partial charge in [0, 0.05) is 28.6 Å². The maximum atomic E-state index is 14.9. The Morgan fingerprint density at radius 3 is 1.86 bits per heavy atom. The molecular formula is C46H39ClF4N4O10S4. The number of hydrogen-bond donors (Lipinski definition) is 2. The van der Waals surface area contributed by atoms with E-state index in [-0.39, 0.29) is 59.3 Å². The van der Waals surface area contributed by atoms with Crippen LogP contribution in [0.1, 0.15) is 86.1 Å². The lowest BCUT2D eigenvalue weighted by Crippen LogP contribution is -2.26. The number of carbonyl (C=O) groups is 3. The number of esters is 1. The third kappa shape index (κ3) is 11.1. The molecule has 2 aliphatic carbocycles. The molecule has 6 aromatic rings. The minimum atomic E-state index is -3.67. The van der Waals surface area contributed by atoms with Gasteiger partial charge in [-0.05, 0) is 81.1 Å². The Labute approximate surface area is 405 Å². The number of halogens is 5. The van der Waals surface area contributed by atoms with Crippen molar-refractivity contribution >= 4 is 82.0 Å². The molecule has 0 saturated heterocycles. The molecule has 2 amide bonds. The summed E-state index contributed by atoms with van der Waals surface area (Å²) in [6.07, 6.45) is 0.449. The highest BCUT2D eigenvalue weighted by molar-refractivity contribution is 7.92. The van der Waals surface area contributed by atoms with Crippen molar-refractivity contribution in [3.8, 4) is 11.5 Å². The van der Waals surface area contributed by atoms with Crippen molar-refractivity contribution in [1.29, 1.82) is 0 Å². The summed E-state index contributed by atoms with van der Waals surface area (Å²) in [5.41, 5.74) is 0.119. The van der Waals surface area contributed by atoms with Crippen LogP contribution in [0.2, 0.25) is 4.34 Å². The van der Waals surface area contributed by atoms with E-state index in [4.69, 9.17) is 25.8 Å². The molecule has 23 heteroatoms. The predicted molar refractivity (Wildman–Crippen MR) is 247 cm³/mol. The molecule has 0 bridgehead atoms. The first kappa shape index (κ1) is 49.5. The lowest BCUT2D eigenvalue weighted by atomic mass is 10.0. The predicted octanol–water partition coefficient (Wildman–Crippen LogP) is 9.67. The maximum Gasteiger partial charge on any atom is 0.321 e. The highest BCUT2D eigenvalue weighted by atomic mass is 35.5. The number of carbonyl (C=O) groups excluding carboxylic acids is 3. The second-order valence-corrected chi connectivity index (χ2v) is 22.8. The van der Waals surface area contributed by atoms with Crippen LogP contribution in [0.25, 0.3) is 0 Å². The first-order valence-corrected chi connectivity index (χ1v) is 26.4. The largest absolute Gasteiger partial charge is 0.476 e. The van der Waals surface area contributed by atoms with Gasteiger partial charge in [0.05, 0.1) is 38.3 Å². The minimum absolute atomic E-state index is 0.0110. The van der Waals surface area contributed by atoms with E-state index < -0.39 is 95.1 Å². The topological polar surface area (TPSA) is 197 Å². The molecule has 2 aromatic heterocycles. The number of benzene rings is 4. The number of rotatable bonds is 18. The molecule has 2 fully saturated rings. The van der Waals surface area contributed by atoms with Gasteiger partial charge in [0.15, 0.2) is 53.1 Å². The summed E-state index contributed by atoms with van der Waals surface area (Å²) in [6, 6.07) is 15.8. The number of ether oxygens (including phenoxy) is 3. The van der Waals surface area contributed by atoms with Crippen LogP contribution in [0.15, 0.2) is 100 Å². The van der Waals surface area contributed by atoms with Gasteiger partial charge in [0.2, 0.25) is 12.2 Å². The molecule has 4 aromatic carbocycles. The van der Waals surface area contributed by atoms with Crippen molar-refractivity contribution in [2.75, 3.05) is 17.2 Å². The smallest absolute Gasteiger partial charge is 0.321 e. The van der Waals surface area contributed by atoms with Gasteiger partial charge in [-0.3, -0.25) is 25.0 Å². The Morgan fingerprint density at radius 2 is 1.29 bits per heavy atom. The molecule has 2 heterocycles. The van der Waals surface area contributed by atoms with E-state index >= 15 is 0 Å². The van der Waals surface area contributed by atoms with Crippen LogP contribution in [0.5, 0.6) is 11.5 Å². The number of hydrogen-bond acceptors (Lipinski definition) is 14. The van der Waals surface area contributed by atoms with Crippen LogP contribution < -0.4 is 20.1 Å². The molecule has 69 heavy (non-hydrogen) atoms. The quantitative estimate of drug-likeness (QED) is 0.0612. The maximum absolute atomic E-state index is 14.9. The molecule has 0 radical (unpaired) electrons. The van der Waals surface area contributed by atoms with Crippen molar-refractivity contribution in [2.24, 2.45) is 0 Å². The average Bonchev–Trinajstić information content (AvgIpc) is 3.65. The highest BCUT2D eigenvalue weighted by Gasteiger charge is 2.38. The molecule has 8 rings (SSSR count). The summed E-state index contributed by atoms with van der Waals surface area (Å²) >= 11 is 8.28. The van der Waals surface area contributed by atoms with Crippen molar-refractivity contribution in [3.05, 3.63) is 140 Å².